The molecule has 0 radical (unpaired) electrons. The van der Waals surface area contributed by atoms with Crippen LogP contribution in [0.1, 0.15) is 59.6 Å². The Balaban J connectivity index is 1.61. The van der Waals surface area contributed by atoms with E-state index >= 15 is 0 Å². The minimum Gasteiger partial charge on any atom is -0.497 e. The number of nitrogens with zero attached hydrogens (tertiary/aromatic N) is 1. The summed E-state index contributed by atoms with van der Waals surface area (Å²) < 4.78 is 5.53. The number of amides is 1. The molecule has 1 saturated carbocycles. The van der Waals surface area contributed by atoms with Gasteiger partial charge < -0.3 is 14.6 Å². The highest BCUT2D eigenvalue weighted by atomic mass is 16.5. The summed E-state index contributed by atoms with van der Waals surface area (Å²) in [6, 6.07) is 25.0. The normalized spacial score (nSPS) is 18.6. The Morgan fingerprint density at radius 3 is 2.55 bits per heavy atom. The number of rotatable bonds is 4. The summed E-state index contributed by atoms with van der Waals surface area (Å²) in [4.78, 5) is 19.7. The molecule has 2 aliphatic rings. The molecule has 1 fully saturated rings. The van der Waals surface area contributed by atoms with Gasteiger partial charge in [-0.2, -0.15) is 0 Å². The lowest BCUT2D eigenvalue weighted by Gasteiger charge is -2.36. The van der Waals surface area contributed by atoms with Crippen LogP contribution in [-0.4, -0.2) is 28.9 Å². The molecular formula is C29H28N2O2. The van der Waals surface area contributed by atoms with E-state index < -0.39 is 0 Å². The summed E-state index contributed by atoms with van der Waals surface area (Å²) in [6.07, 6.45) is 5.79. The number of aromatic nitrogens is 1. The maximum atomic E-state index is 13.8. The molecule has 1 aliphatic carbocycles. The first kappa shape index (κ1) is 20.1. The molecule has 6 rings (SSSR count). The monoisotopic (exact) mass is 436 g/mol. The number of H-pyrrole nitrogens is 1. The van der Waals surface area contributed by atoms with E-state index in [9.17, 15) is 4.79 Å². The van der Waals surface area contributed by atoms with Crippen LogP contribution in [0.2, 0.25) is 0 Å². The van der Waals surface area contributed by atoms with E-state index in [2.05, 4.69) is 58.4 Å². The number of benzene rings is 3. The van der Waals surface area contributed by atoms with Crippen molar-refractivity contribution in [2.75, 3.05) is 7.11 Å². The fourth-order valence-electron chi connectivity index (χ4n) is 5.82. The molecule has 1 aliphatic heterocycles. The Bertz CT molecular complexity index is 1330. The molecule has 1 atom stereocenters. The quantitative estimate of drug-likeness (QED) is 0.386. The van der Waals surface area contributed by atoms with Crippen molar-refractivity contribution in [3.05, 3.63) is 89.5 Å². The van der Waals surface area contributed by atoms with E-state index in [1.165, 1.54) is 30.2 Å². The maximum absolute atomic E-state index is 13.8. The molecule has 0 unspecified atom stereocenters. The average Bonchev–Trinajstić information content (AvgIpc) is 3.40. The highest BCUT2D eigenvalue weighted by Crippen LogP contribution is 2.47. The predicted molar refractivity (Wildman–Crippen MR) is 132 cm³/mol. The number of methoxy groups -OCH3 is 1. The van der Waals surface area contributed by atoms with Gasteiger partial charge in [-0.15, -0.1) is 0 Å². The van der Waals surface area contributed by atoms with E-state index in [4.69, 9.17) is 4.74 Å². The summed E-state index contributed by atoms with van der Waals surface area (Å²) in [6.45, 7) is 0. The molecule has 0 bridgehead atoms. The van der Waals surface area contributed by atoms with Gasteiger partial charge in [-0.3, -0.25) is 4.79 Å². The van der Waals surface area contributed by atoms with Crippen LogP contribution in [0.25, 0.3) is 22.2 Å². The summed E-state index contributed by atoms with van der Waals surface area (Å²) in [5, 5.41) is 1.17. The van der Waals surface area contributed by atoms with E-state index in [1.54, 1.807) is 7.11 Å². The molecule has 166 valence electrons. The predicted octanol–water partition coefficient (Wildman–Crippen LogP) is 6.72. The molecule has 3 aromatic carbocycles. The molecule has 1 amide bonds. The SMILES string of the molecule is COc1cccc(-c2[nH]c3ccccc3c2[C@@H]2c3ccccc3C(=O)N2C2CCCCC2)c1. The third kappa shape index (κ3) is 3.24. The number of fused-ring (bicyclic) bond motifs is 2. The van der Waals surface area contributed by atoms with Gasteiger partial charge in [-0.1, -0.05) is 67.8 Å². The van der Waals surface area contributed by atoms with Crippen molar-refractivity contribution in [3.8, 4) is 17.0 Å². The Labute approximate surface area is 194 Å². The van der Waals surface area contributed by atoms with Crippen molar-refractivity contribution in [2.45, 2.75) is 44.2 Å². The summed E-state index contributed by atoms with van der Waals surface area (Å²) in [5.41, 5.74) is 6.36. The molecule has 0 saturated heterocycles. The molecule has 33 heavy (non-hydrogen) atoms. The second-order valence-electron chi connectivity index (χ2n) is 9.19. The molecule has 2 heterocycles. The Morgan fingerprint density at radius 2 is 1.70 bits per heavy atom. The topological polar surface area (TPSA) is 45.3 Å². The van der Waals surface area contributed by atoms with E-state index in [0.717, 1.165) is 46.5 Å². The first-order chi connectivity index (χ1) is 16.3. The third-order valence-electron chi connectivity index (χ3n) is 7.34. The lowest BCUT2D eigenvalue weighted by molar-refractivity contribution is 0.0614. The number of ether oxygens (including phenoxy) is 1. The summed E-state index contributed by atoms with van der Waals surface area (Å²) >= 11 is 0. The van der Waals surface area contributed by atoms with Gasteiger partial charge in [-0.05, 0) is 42.7 Å². The second-order valence-corrected chi connectivity index (χ2v) is 9.19. The van der Waals surface area contributed by atoms with E-state index in [0.29, 0.717) is 0 Å². The van der Waals surface area contributed by atoms with Gasteiger partial charge in [0.2, 0.25) is 0 Å². The van der Waals surface area contributed by atoms with Crippen molar-refractivity contribution in [2.24, 2.45) is 0 Å². The van der Waals surface area contributed by atoms with Crippen LogP contribution in [0, 0.1) is 0 Å². The smallest absolute Gasteiger partial charge is 0.255 e. The molecule has 1 N–H and O–H groups in total. The number of hydrogen-bond donors (Lipinski definition) is 1. The fourth-order valence-corrected chi connectivity index (χ4v) is 5.82. The van der Waals surface area contributed by atoms with E-state index in [1.807, 2.05) is 24.3 Å². The van der Waals surface area contributed by atoms with Gasteiger partial charge in [0.15, 0.2) is 0 Å². The van der Waals surface area contributed by atoms with Crippen molar-refractivity contribution in [1.82, 2.24) is 9.88 Å². The van der Waals surface area contributed by atoms with Crippen molar-refractivity contribution in [3.63, 3.8) is 0 Å². The van der Waals surface area contributed by atoms with Crippen molar-refractivity contribution in [1.29, 1.82) is 0 Å². The second kappa shape index (κ2) is 8.11. The van der Waals surface area contributed by atoms with Crippen LogP contribution in [0.5, 0.6) is 5.75 Å². The number of aromatic amines is 1. The Kier molecular flexibility index (Phi) is 4.94. The van der Waals surface area contributed by atoms with Crippen LogP contribution >= 0.6 is 0 Å². The number of para-hydroxylation sites is 1. The minimum atomic E-state index is -0.103. The summed E-state index contributed by atoms with van der Waals surface area (Å²) in [5.74, 6) is 0.994. The number of nitrogens with one attached hydrogen (secondary N) is 1. The Hall–Kier alpha value is -3.53. The Morgan fingerprint density at radius 1 is 0.909 bits per heavy atom. The lowest BCUT2D eigenvalue weighted by atomic mass is 9.89. The average molecular weight is 437 g/mol. The van der Waals surface area contributed by atoms with Crippen LogP contribution in [0.15, 0.2) is 72.8 Å². The van der Waals surface area contributed by atoms with E-state index in [-0.39, 0.29) is 18.0 Å². The number of hydrogen-bond acceptors (Lipinski definition) is 2. The first-order valence-corrected chi connectivity index (χ1v) is 11.9. The molecule has 1 aromatic heterocycles. The third-order valence-corrected chi connectivity index (χ3v) is 7.34. The number of carbonyl (C=O) groups is 1. The van der Waals surface area contributed by atoms with Crippen LogP contribution in [0.4, 0.5) is 0 Å². The highest BCUT2D eigenvalue weighted by molar-refractivity contribution is 6.02. The lowest BCUT2D eigenvalue weighted by Crippen LogP contribution is -2.40. The van der Waals surface area contributed by atoms with Gasteiger partial charge in [0.05, 0.1) is 18.8 Å². The zero-order valence-electron chi connectivity index (χ0n) is 18.9. The highest BCUT2D eigenvalue weighted by Gasteiger charge is 2.43. The molecule has 0 spiro atoms. The zero-order valence-corrected chi connectivity index (χ0v) is 18.9. The molecule has 4 nitrogen and oxygen atoms in total. The largest absolute Gasteiger partial charge is 0.497 e. The molecule has 4 aromatic rings. The van der Waals surface area contributed by atoms with Crippen LogP contribution in [-0.2, 0) is 0 Å². The van der Waals surface area contributed by atoms with Gasteiger partial charge in [0.1, 0.15) is 5.75 Å². The fraction of sp³-hybridized carbons (Fsp3) is 0.276. The van der Waals surface area contributed by atoms with Crippen molar-refractivity contribution >= 4 is 16.8 Å². The first-order valence-electron chi connectivity index (χ1n) is 11.9. The van der Waals surface area contributed by atoms with Gasteiger partial charge >= 0.3 is 0 Å². The molecular weight excluding hydrogens is 408 g/mol. The molecule has 4 heteroatoms. The van der Waals surface area contributed by atoms with Gasteiger partial charge in [0.25, 0.3) is 5.91 Å². The summed E-state index contributed by atoms with van der Waals surface area (Å²) in [7, 11) is 1.70. The minimum absolute atomic E-state index is 0.103. The maximum Gasteiger partial charge on any atom is 0.255 e. The standard InChI is InChI=1S/C29H28N2O2/c1-33-21-13-9-10-19(18-21)27-26(24-16-7-8-17-25(24)30-27)28-22-14-5-6-15-23(22)29(32)31(28)20-11-3-2-4-12-20/h5-10,13-18,20,28,30H,2-4,11-12H2,1H3/t28-/m0/s1. The van der Waals surface area contributed by atoms with Crippen LogP contribution in [0.3, 0.4) is 0 Å². The van der Waals surface area contributed by atoms with Gasteiger partial charge in [0, 0.05) is 33.6 Å². The van der Waals surface area contributed by atoms with Crippen molar-refractivity contribution < 1.29 is 9.53 Å². The van der Waals surface area contributed by atoms with Crippen LogP contribution < -0.4 is 4.74 Å². The van der Waals surface area contributed by atoms with Gasteiger partial charge in [-0.25, -0.2) is 0 Å². The number of carbonyl (C=O) groups excluding carboxylic acids is 1. The zero-order chi connectivity index (χ0) is 22.4.